The highest BCUT2D eigenvalue weighted by Gasteiger charge is 2.28. The van der Waals surface area contributed by atoms with Crippen LogP contribution in [0.5, 0.6) is 0 Å². The van der Waals surface area contributed by atoms with Gasteiger partial charge in [0.2, 0.25) is 11.8 Å². The summed E-state index contributed by atoms with van der Waals surface area (Å²) in [6.45, 7) is 1.24. The lowest BCUT2D eigenvalue weighted by molar-refractivity contribution is -0.145. The van der Waals surface area contributed by atoms with Crippen molar-refractivity contribution in [2.24, 2.45) is 0 Å². The molecule has 2 aromatic carbocycles. The molecule has 2 aromatic rings. The van der Waals surface area contributed by atoms with Gasteiger partial charge in [0.1, 0.15) is 17.9 Å². The number of hydrogen-bond donors (Lipinski definition) is 2. The Morgan fingerprint density at radius 1 is 1.07 bits per heavy atom. The van der Waals surface area contributed by atoms with Crippen molar-refractivity contribution in [2.75, 3.05) is 7.11 Å². The van der Waals surface area contributed by atoms with Crippen molar-refractivity contribution in [3.63, 3.8) is 0 Å². The molecule has 8 heteroatoms. The maximum Gasteiger partial charge on any atom is 0.328 e. The predicted octanol–water partition coefficient (Wildman–Crippen LogP) is 1.65. The Kier molecular flexibility index (Phi) is 8.06. The van der Waals surface area contributed by atoms with Crippen molar-refractivity contribution in [3.8, 4) is 6.07 Å². The van der Waals surface area contributed by atoms with E-state index in [9.17, 15) is 18.8 Å². The minimum absolute atomic E-state index is 0.0838. The maximum absolute atomic E-state index is 14.0. The highest BCUT2D eigenvalue weighted by atomic mass is 19.1. The molecule has 2 amide bonds. The van der Waals surface area contributed by atoms with Gasteiger partial charge in [0.05, 0.1) is 18.7 Å². The first kappa shape index (κ1) is 22.6. The number of carbonyl (C=O) groups is 3. The van der Waals surface area contributed by atoms with Crippen LogP contribution in [-0.2, 0) is 32.0 Å². The molecule has 0 aromatic heterocycles. The monoisotopic (exact) mass is 411 g/mol. The lowest BCUT2D eigenvalue weighted by Crippen LogP contribution is -2.53. The molecule has 0 fully saturated rings. The van der Waals surface area contributed by atoms with Crippen LogP contribution >= 0.6 is 0 Å². The second-order valence-electron chi connectivity index (χ2n) is 6.65. The normalized spacial score (nSPS) is 12.2. The van der Waals surface area contributed by atoms with Crippen molar-refractivity contribution in [3.05, 3.63) is 71.0 Å². The third-order valence-corrected chi connectivity index (χ3v) is 4.37. The van der Waals surface area contributed by atoms with E-state index in [4.69, 9.17) is 10.00 Å². The number of nitrogens with one attached hydrogen (secondary N) is 2. The van der Waals surface area contributed by atoms with Crippen molar-refractivity contribution in [2.45, 2.75) is 31.8 Å². The van der Waals surface area contributed by atoms with Gasteiger partial charge >= 0.3 is 5.97 Å². The first-order chi connectivity index (χ1) is 14.3. The molecule has 0 saturated carbocycles. The van der Waals surface area contributed by atoms with Gasteiger partial charge in [0.25, 0.3) is 0 Å². The summed E-state index contributed by atoms with van der Waals surface area (Å²) in [6, 6.07) is 12.4. The first-order valence-corrected chi connectivity index (χ1v) is 9.21. The molecule has 0 spiro atoms. The SMILES string of the molecule is COC(=O)[C@@H](Cc1cccc(C#N)c1)NC(=O)[C@H](Cc1ccccc1F)NC(C)=O. The van der Waals surface area contributed by atoms with Gasteiger partial charge in [0.15, 0.2) is 0 Å². The lowest BCUT2D eigenvalue weighted by Gasteiger charge is -2.22. The van der Waals surface area contributed by atoms with Crippen LogP contribution in [0, 0.1) is 17.1 Å². The Morgan fingerprint density at radius 3 is 2.43 bits per heavy atom. The maximum atomic E-state index is 14.0. The Balaban J connectivity index is 2.21. The summed E-state index contributed by atoms with van der Waals surface area (Å²) in [5.74, 6) is -2.31. The minimum Gasteiger partial charge on any atom is -0.467 e. The average Bonchev–Trinajstić information content (AvgIpc) is 2.73. The topological polar surface area (TPSA) is 108 Å². The van der Waals surface area contributed by atoms with Crippen molar-refractivity contribution >= 4 is 17.8 Å². The second kappa shape index (κ2) is 10.7. The summed E-state index contributed by atoms with van der Waals surface area (Å²) < 4.78 is 18.8. The summed E-state index contributed by atoms with van der Waals surface area (Å²) >= 11 is 0. The summed E-state index contributed by atoms with van der Waals surface area (Å²) in [6.07, 6.45) is -0.00365. The number of methoxy groups -OCH3 is 1. The van der Waals surface area contributed by atoms with Gasteiger partial charge in [-0.3, -0.25) is 9.59 Å². The van der Waals surface area contributed by atoms with E-state index >= 15 is 0 Å². The van der Waals surface area contributed by atoms with E-state index in [0.29, 0.717) is 11.1 Å². The number of esters is 1. The van der Waals surface area contributed by atoms with E-state index in [1.807, 2.05) is 6.07 Å². The smallest absolute Gasteiger partial charge is 0.328 e. The van der Waals surface area contributed by atoms with Crippen molar-refractivity contribution in [1.29, 1.82) is 5.26 Å². The third kappa shape index (κ3) is 6.41. The highest BCUT2D eigenvalue weighted by Crippen LogP contribution is 2.11. The van der Waals surface area contributed by atoms with Crippen LogP contribution in [-0.4, -0.2) is 37.0 Å². The van der Waals surface area contributed by atoms with Crippen LogP contribution in [0.15, 0.2) is 48.5 Å². The summed E-state index contributed by atoms with van der Waals surface area (Å²) in [5, 5.41) is 14.1. The molecule has 0 heterocycles. The number of nitrogens with zero attached hydrogens (tertiary/aromatic N) is 1. The first-order valence-electron chi connectivity index (χ1n) is 9.21. The van der Waals surface area contributed by atoms with E-state index in [0.717, 1.165) is 0 Å². The summed E-state index contributed by atoms with van der Waals surface area (Å²) in [4.78, 5) is 36.6. The molecule has 2 rings (SSSR count). The fraction of sp³-hybridized carbons (Fsp3) is 0.273. The molecule has 0 unspecified atom stereocenters. The number of nitriles is 1. The van der Waals surface area contributed by atoms with Crippen LogP contribution in [0.2, 0.25) is 0 Å². The summed E-state index contributed by atoms with van der Waals surface area (Å²) in [7, 11) is 1.19. The Hall–Kier alpha value is -3.73. The standard InChI is InChI=1S/C22H22FN3O4/c1-14(27)25-19(12-17-8-3-4-9-18(17)23)21(28)26-20(22(29)30-2)11-15-6-5-7-16(10-15)13-24/h3-10,19-20H,11-12H2,1-2H3,(H,25,27)(H,26,28)/t19-,20+/m0/s1. The fourth-order valence-corrected chi connectivity index (χ4v) is 2.95. The van der Waals surface area contributed by atoms with E-state index in [2.05, 4.69) is 10.6 Å². The molecular formula is C22H22FN3O4. The predicted molar refractivity (Wildman–Crippen MR) is 107 cm³/mol. The molecule has 0 aliphatic rings. The number of rotatable bonds is 8. The van der Waals surface area contributed by atoms with Gasteiger partial charge in [-0.05, 0) is 29.3 Å². The van der Waals surface area contributed by atoms with E-state index in [1.54, 1.807) is 30.3 Å². The fourth-order valence-electron chi connectivity index (χ4n) is 2.95. The van der Waals surface area contributed by atoms with Gasteiger partial charge in [-0.2, -0.15) is 5.26 Å². The molecule has 156 valence electrons. The van der Waals surface area contributed by atoms with Crippen molar-refractivity contribution in [1.82, 2.24) is 10.6 Å². The zero-order valence-corrected chi connectivity index (χ0v) is 16.6. The van der Waals surface area contributed by atoms with Crippen LogP contribution in [0.4, 0.5) is 4.39 Å². The molecule has 0 bridgehead atoms. The Morgan fingerprint density at radius 2 is 1.80 bits per heavy atom. The molecule has 7 nitrogen and oxygen atoms in total. The van der Waals surface area contributed by atoms with Gasteiger partial charge in [-0.15, -0.1) is 0 Å². The minimum atomic E-state index is -1.09. The van der Waals surface area contributed by atoms with Crippen LogP contribution in [0.3, 0.4) is 0 Å². The molecule has 0 aliphatic carbocycles. The molecule has 0 aliphatic heterocycles. The van der Waals surface area contributed by atoms with Crippen LogP contribution in [0.25, 0.3) is 0 Å². The summed E-state index contributed by atoms with van der Waals surface area (Å²) in [5.41, 5.74) is 1.32. The van der Waals surface area contributed by atoms with Crippen LogP contribution in [0.1, 0.15) is 23.6 Å². The molecule has 0 radical (unpaired) electrons. The Bertz CT molecular complexity index is 971. The number of hydrogen-bond acceptors (Lipinski definition) is 5. The van der Waals surface area contributed by atoms with Crippen molar-refractivity contribution < 1.29 is 23.5 Å². The largest absolute Gasteiger partial charge is 0.467 e. The van der Waals surface area contributed by atoms with E-state index < -0.39 is 35.7 Å². The molecule has 30 heavy (non-hydrogen) atoms. The molecular weight excluding hydrogens is 389 g/mol. The number of halogens is 1. The average molecular weight is 411 g/mol. The lowest BCUT2D eigenvalue weighted by atomic mass is 10.0. The molecule has 2 N–H and O–H groups in total. The second-order valence-corrected chi connectivity index (χ2v) is 6.65. The number of ether oxygens (including phenoxy) is 1. The van der Waals surface area contributed by atoms with Gasteiger partial charge in [0, 0.05) is 19.8 Å². The third-order valence-electron chi connectivity index (χ3n) is 4.37. The number of carbonyl (C=O) groups excluding carboxylic acids is 3. The van der Waals surface area contributed by atoms with Gasteiger partial charge in [-0.25, -0.2) is 9.18 Å². The number of benzene rings is 2. The Labute approximate surface area is 173 Å². The number of amides is 2. The zero-order chi connectivity index (χ0) is 22.1. The van der Waals surface area contributed by atoms with Gasteiger partial charge < -0.3 is 15.4 Å². The molecule has 2 atom stereocenters. The van der Waals surface area contributed by atoms with Gasteiger partial charge in [-0.1, -0.05) is 30.3 Å². The van der Waals surface area contributed by atoms with Crippen LogP contribution < -0.4 is 10.6 Å². The quantitative estimate of drug-likeness (QED) is 0.642. The van der Waals surface area contributed by atoms with E-state index in [-0.39, 0.29) is 18.4 Å². The highest BCUT2D eigenvalue weighted by molar-refractivity contribution is 5.90. The molecule has 0 saturated heterocycles. The zero-order valence-electron chi connectivity index (χ0n) is 16.6. The van der Waals surface area contributed by atoms with E-state index in [1.165, 1.54) is 32.2 Å².